The van der Waals surface area contributed by atoms with E-state index < -0.39 is 15.6 Å². The summed E-state index contributed by atoms with van der Waals surface area (Å²) in [4.78, 5) is 15.9. The van der Waals surface area contributed by atoms with Crippen LogP contribution in [0, 0.1) is 12.8 Å². The number of sulfonamides is 1. The van der Waals surface area contributed by atoms with Crippen LogP contribution in [0.15, 0.2) is 32.3 Å². The number of fused-ring (bicyclic) bond motifs is 1. The first-order chi connectivity index (χ1) is 15.2. The number of imidazole rings is 1. The highest BCUT2D eigenvalue weighted by molar-refractivity contribution is 7.89. The Labute approximate surface area is 186 Å². The lowest BCUT2D eigenvalue weighted by Crippen LogP contribution is -2.36. The van der Waals surface area contributed by atoms with Gasteiger partial charge in [0, 0.05) is 25.6 Å². The molecule has 0 spiro atoms. The maximum absolute atomic E-state index is 13.5. The van der Waals surface area contributed by atoms with E-state index in [-0.39, 0.29) is 16.6 Å². The molecule has 3 heterocycles. The molecule has 3 aromatic rings. The number of hydrogen-bond donors (Lipinski definition) is 1. The number of aromatic nitrogens is 4. The molecular weight excluding hydrogens is 432 g/mol. The largest absolute Gasteiger partial charge is 0.408 e. The summed E-state index contributed by atoms with van der Waals surface area (Å²) in [5.74, 6) is 0.656. The molecule has 1 saturated heterocycles. The van der Waals surface area contributed by atoms with Crippen LogP contribution in [0.4, 0.5) is 0 Å². The molecule has 32 heavy (non-hydrogen) atoms. The van der Waals surface area contributed by atoms with Crippen molar-refractivity contribution in [2.75, 3.05) is 20.1 Å². The molecule has 1 aliphatic heterocycles. The number of piperidine rings is 1. The van der Waals surface area contributed by atoms with Crippen molar-refractivity contribution >= 4 is 21.1 Å². The van der Waals surface area contributed by atoms with Gasteiger partial charge in [-0.1, -0.05) is 5.10 Å². The summed E-state index contributed by atoms with van der Waals surface area (Å²) in [6.07, 6.45) is 3.75. The van der Waals surface area contributed by atoms with Crippen LogP contribution >= 0.6 is 0 Å². The minimum absolute atomic E-state index is 0.0358. The molecule has 10 nitrogen and oxygen atoms in total. The van der Waals surface area contributed by atoms with Gasteiger partial charge in [0.2, 0.25) is 15.9 Å². The Balaban J connectivity index is 1.63. The molecule has 0 bridgehead atoms. The van der Waals surface area contributed by atoms with E-state index >= 15 is 0 Å². The van der Waals surface area contributed by atoms with E-state index in [1.165, 1.54) is 10.6 Å². The zero-order chi connectivity index (χ0) is 22.7. The average Bonchev–Trinajstić information content (AvgIpc) is 3.17. The van der Waals surface area contributed by atoms with Crippen LogP contribution in [-0.4, -0.2) is 58.3 Å². The molecule has 5 rings (SSSR count). The van der Waals surface area contributed by atoms with Gasteiger partial charge in [-0.2, -0.15) is 0 Å². The van der Waals surface area contributed by atoms with Gasteiger partial charge in [0.15, 0.2) is 0 Å². The van der Waals surface area contributed by atoms with Gasteiger partial charge in [0.05, 0.1) is 15.9 Å². The second-order valence-electron chi connectivity index (χ2n) is 9.42. The first-order valence-electron chi connectivity index (χ1n) is 10.9. The Bertz CT molecular complexity index is 1330. The lowest BCUT2D eigenvalue weighted by Gasteiger charge is -2.29. The van der Waals surface area contributed by atoms with Gasteiger partial charge in [0.1, 0.15) is 0 Å². The van der Waals surface area contributed by atoms with Crippen molar-refractivity contribution in [2.24, 2.45) is 5.92 Å². The summed E-state index contributed by atoms with van der Waals surface area (Å²) < 4.78 is 37.3. The highest BCUT2D eigenvalue weighted by Gasteiger charge is 2.41. The summed E-state index contributed by atoms with van der Waals surface area (Å²) in [7, 11) is -1.64. The van der Waals surface area contributed by atoms with Crippen LogP contribution in [-0.2, 0) is 16.6 Å². The first-order valence-corrected chi connectivity index (χ1v) is 12.4. The minimum atomic E-state index is -3.73. The Kier molecular flexibility index (Phi) is 5.02. The molecule has 1 saturated carbocycles. The predicted molar refractivity (Wildman–Crippen MR) is 118 cm³/mol. The normalized spacial score (nSPS) is 21.3. The Hall–Kier alpha value is -2.50. The van der Waals surface area contributed by atoms with Crippen molar-refractivity contribution in [1.29, 1.82) is 0 Å². The van der Waals surface area contributed by atoms with Gasteiger partial charge in [-0.05, 0) is 70.3 Å². The molecule has 2 fully saturated rings. The number of likely N-dealkylation sites (tertiary alicyclic amines) is 1. The summed E-state index contributed by atoms with van der Waals surface area (Å²) in [5, 5.41) is 7.87. The molecule has 1 N–H and O–H groups in total. The molecule has 11 heteroatoms. The topological polar surface area (TPSA) is 115 Å². The third-order valence-corrected chi connectivity index (χ3v) is 8.10. The van der Waals surface area contributed by atoms with E-state index in [2.05, 4.69) is 26.9 Å². The van der Waals surface area contributed by atoms with Crippen LogP contribution < -0.4 is 10.4 Å². The van der Waals surface area contributed by atoms with Crippen LogP contribution in [0.5, 0.6) is 0 Å². The maximum atomic E-state index is 13.5. The van der Waals surface area contributed by atoms with Crippen molar-refractivity contribution < 1.29 is 12.8 Å². The highest BCUT2D eigenvalue weighted by Crippen LogP contribution is 2.36. The standard InChI is InChI=1S/C21H28N6O4S/c1-14-22-23-19(31-14)27-18-11-16(32(29,30)24-21(2)8-9-21)6-7-17(18)26(20(27)28)13-15-5-4-10-25(3)12-15/h6-7,11,15,24H,4-5,8-10,12-13H2,1-3H3. The van der Waals surface area contributed by atoms with Gasteiger partial charge in [-0.25, -0.2) is 22.5 Å². The quantitative estimate of drug-likeness (QED) is 0.595. The Morgan fingerprint density at radius 1 is 1.25 bits per heavy atom. The molecule has 1 aliphatic carbocycles. The second kappa shape index (κ2) is 7.53. The zero-order valence-corrected chi connectivity index (χ0v) is 19.4. The van der Waals surface area contributed by atoms with Gasteiger partial charge in [0.25, 0.3) is 0 Å². The lowest BCUT2D eigenvalue weighted by atomic mass is 9.98. The third kappa shape index (κ3) is 3.89. The number of nitrogens with one attached hydrogen (secondary N) is 1. The van der Waals surface area contributed by atoms with Crippen molar-refractivity contribution in [3.63, 3.8) is 0 Å². The third-order valence-electron chi connectivity index (χ3n) is 6.46. The van der Waals surface area contributed by atoms with Crippen molar-refractivity contribution in [2.45, 2.75) is 56.5 Å². The minimum Gasteiger partial charge on any atom is -0.408 e. The van der Waals surface area contributed by atoms with Gasteiger partial charge >= 0.3 is 11.7 Å². The number of hydrogen-bond acceptors (Lipinski definition) is 7. The summed E-state index contributed by atoms with van der Waals surface area (Å²) in [6.45, 7) is 6.05. The predicted octanol–water partition coefficient (Wildman–Crippen LogP) is 1.66. The fraction of sp³-hybridized carbons (Fsp3) is 0.571. The highest BCUT2D eigenvalue weighted by atomic mass is 32.2. The summed E-state index contributed by atoms with van der Waals surface area (Å²) >= 11 is 0. The molecule has 2 aliphatic rings. The van der Waals surface area contributed by atoms with E-state index in [0.29, 0.717) is 29.4 Å². The fourth-order valence-corrected chi connectivity index (χ4v) is 5.98. The smallest absolute Gasteiger partial charge is 0.337 e. The van der Waals surface area contributed by atoms with E-state index in [4.69, 9.17) is 4.42 Å². The number of aryl methyl sites for hydroxylation is 1. The monoisotopic (exact) mass is 460 g/mol. The summed E-state index contributed by atoms with van der Waals surface area (Å²) in [6, 6.07) is 4.82. The molecule has 1 unspecified atom stereocenters. The van der Waals surface area contributed by atoms with E-state index in [9.17, 15) is 13.2 Å². The molecular formula is C21H28N6O4S. The lowest BCUT2D eigenvalue weighted by molar-refractivity contribution is 0.194. The van der Waals surface area contributed by atoms with E-state index in [1.54, 1.807) is 23.6 Å². The van der Waals surface area contributed by atoms with E-state index in [1.807, 2.05) is 6.92 Å². The van der Waals surface area contributed by atoms with Gasteiger partial charge in [-0.15, -0.1) is 5.10 Å². The second-order valence-corrected chi connectivity index (χ2v) is 11.1. The summed E-state index contributed by atoms with van der Waals surface area (Å²) in [5.41, 5.74) is 0.381. The first kappa shape index (κ1) is 21.4. The molecule has 0 radical (unpaired) electrons. The molecule has 2 aromatic heterocycles. The number of nitrogens with zero attached hydrogens (tertiary/aromatic N) is 5. The maximum Gasteiger partial charge on any atom is 0.337 e. The Morgan fingerprint density at radius 3 is 2.69 bits per heavy atom. The molecule has 1 atom stereocenters. The van der Waals surface area contributed by atoms with Crippen molar-refractivity contribution in [3.05, 3.63) is 34.6 Å². The number of benzene rings is 1. The van der Waals surface area contributed by atoms with Crippen LogP contribution in [0.1, 0.15) is 38.5 Å². The molecule has 0 amide bonds. The van der Waals surface area contributed by atoms with Crippen molar-refractivity contribution in [3.8, 4) is 6.01 Å². The zero-order valence-electron chi connectivity index (χ0n) is 18.5. The molecule has 1 aromatic carbocycles. The van der Waals surface area contributed by atoms with E-state index in [0.717, 1.165) is 38.8 Å². The SMILES string of the molecule is Cc1nnc(-n2c(=O)n(CC3CCCN(C)C3)c3ccc(S(=O)(=O)NC4(C)CC4)cc32)o1. The van der Waals surface area contributed by atoms with Gasteiger partial charge in [-0.3, -0.25) is 4.57 Å². The molecule has 172 valence electrons. The van der Waals surface area contributed by atoms with Crippen molar-refractivity contribution in [1.82, 2.24) is 29.0 Å². The average molecular weight is 461 g/mol. The fourth-order valence-electron chi connectivity index (χ4n) is 4.50. The van der Waals surface area contributed by atoms with Crippen LogP contribution in [0.3, 0.4) is 0 Å². The Morgan fingerprint density at radius 2 is 2.03 bits per heavy atom. The van der Waals surface area contributed by atoms with Crippen LogP contribution in [0.2, 0.25) is 0 Å². The van der Waals surface area contributed by atoms with Gasteiger partial charge < -0.3 is 9.32 Å². The number of rotatable bonds is 6. The van der Waals surface area contributed by atoms with Crippen LogP contribution in [0.25, 0.3) is 17.0 Å².